The first-order valence-corrected chi connectivity index (χ1v) is 10.6. The molecular formula is C25H33NO2. The Labute approximate surface area is 169 Å². The van der Waals surface area contributed by atoms with Crippen molar-refractivity contribution in [2.45, 2.75) is 77.4 Å². The third kappa shape index (κ3) is 5.85. The standard InChI is InChI=1S/C25H33NO2/c1-18(2)28-23-15-13-21(14-16-23)24(20-11-9-19(3)10-12-20)17-25(27)26-22-7-5-4-6-8-22/h9-16,18,22,24H,4-8,17H2,1-3H3,(H,26,27). The molecule has 1 unspecified atom stereocenters. The summed E-state index contributed by atoms with van der Waals surface area (Å²) in [5.74, 6) is 1.07. The molecule has 3 nitrogen and oxygen atoms in total. The van der Waals surface area contributed by atoms with Crippen molar-refractivity contribution in [3.05, 3.63) is 65.2 Å². The Morgan fingerprint density at radius 2 is 1.54 bits per heavy atom. The molecule has 28 heavy (non-hydrogen) atoms. The third-order valence-corrected chi connectivity index (χ3v) is 5.49. The van der Waals surface area contributed by atoms with Crippen LogP contribution < -0.4 is 10.1 Å². The molecule has 0 saturated heterocycles. The summed E-state index contributed by atoms with van der Waals surface area (Å²) in [4.78, 5) is 12.8. The van der Waals surface area contributed by atoms with E-state index in [9.17, 15) is 4.79 Å². The number of hydrogen-bond acceptors (Lipinski definition) is 2. The Morgan fingerprint density at radius 3 is 2.11 bits per heavy atom. The molecule has 2 aromatic rings. The van der Waals surface area contributed by atoms with E-state index in [2.05, 4.69) is 48.6 Å². The van der Waals surface area contributed by atoms with Crippen LogP contribution in [0.4, 0.5) is 0 Å². The van der Waals surface area contributed by atoms with Gasteiger partial charge in [-0.1, -0.05) is 61.2 Å². The minimum absolute atomic E-state index is 0.0530. The maximum atomic E-state index is 12.8. The summed E-state index contributed by atoms with van der Waals surface area (Å²) in [7, 11) is 0. The lowest BCUT2D eigenvalue weighted by Crippen LogP contribution is -2.36. The number of amides is 1. The molecule has 1 N–H and O–H groups in total. The van der Waals surface area contributed by atoms with Crippen LogP contribution in [0.1, 0.15) is 75.0 Å². The highest BCUT2D eigenvalue weighted by Crippen LogP contribution is 2.30. The second-order valence-electron chi connectivity index (χ2n) is 8.31. The Kier molecular flexibility index (Phi) is 7.13. The summed E-state index contributed by atoms with van der Waals surface area (Å²) in [5.41, 5.74) is 3.57. The van der Waals surface area contributed by atoms with Crippen LogP contribution in [-0.4, -0.2) is 18.1 Å². The van der Waals surface area contributed by atoms with Crippen LogP contribution in [0, 0.1) is 6.92 Å². The summed E-state index contributed by atoms with van der Waals surface area (Å²) >= 11 is 0. The summed E-state index contributed by atoms with van der Waals surface area (Å²) in [6.45, 7) is 6.14. The minimum atomic E-state index is 0.0530. The summed E-state index contributed by atoms with van der Waals surface area (Å²) in [6, 6.07) is 17.1. The third-order valence-electron chi connectivity index (χ3n) is 5.49. The second kappa shape index (κ2) is 9.77. The van der Waals surface area contributed by atoms with Gasteiger partial charge in [-0.2, -0.15) is 0 Å². The Hall–Kier alpha value is -2.29. The summed E-state index contributed by atoms with van der Waals surface area (Å²) in [6.07, 6.45) is 6.60. The van der Waals surface area contributed by atoms with Crippen molar-refractivity contribution in [3.63, 3.8) is 0 Å². The van der Waals surface area contributed by atoms with E-state index in [0.717, 1.165) is 24.2 Å². The molecular weight excluding hydrogens is 346 g/mol. The SMILES string of the molecule is Cc1ccc(C(CC(=O)NC2CCCCC2)c2ccc(OC(C)C)cc2)cc1. The van der Waals surface area contributed by atoms with Gasteiger partial charge in [0.2, 0.25) is 5.91 Å². The average molecular weight is 380 g/mol. The van der Waals surface area contributed by atoms with Gasteiger partial charge in [-0.05, 0) is 56.9 Å². The van der Waals surface area contributed by atoms with Gasteiger partial charge < -0.3 is 10.1 Å². The molecule has 1 amide bonds. The van der Waals surface area contributed by atoms with Gasteiger partial charge in [0.1, 0.15) is 5.75 Å². The van der Waals surface area contributed by atoms with E-state index in [1.807, 2.05) is 26.0 Å². The number of carbonyl (C=O) groups excluding carboxylic acids is 1. The molecule has 1 aliphatic carbocycles. The van der Waals surface area contributed by atoms with Crippen LogP contribution >= 0.6 is 0 Å². The number of nitrogens with one attached hydrogen (secondary N) is 1. The van der Waals surface area contributed by atoms with Gasteiger partial charge in [0, 0.05) is 18.4 Å². The van der Waals surface area contributed by atoms with Gasteiger partial charge in [-0.3, -0.25) is 4.79 Å². The molecule has 1 aliphatic rings. The first-order chi connectivity index (χ1) is 13.5. The first-order valence-electron chi connectivity index (χ1n) is 10.6. The fourth-order valence-electron chi connectivity index (χ4n) is 4.00. The number of benzene rings is 2. The molecule has 1 atom stereocenters. The van der Waals surface area contributed by atoms with Crippen LogP contribution in [0.25, 0.3) is 0 Å². The first kappa shape index (κ1) is 20.4. The summed E-state index contributed by atoms with van der Waals surface area (Å²) < 4.78 is 5.77. The number of rotatable bonds is 7. The largest absolute Gasteiger partial charge is 0.491 e. The van der Waals surface area contributed by atoms with Crippen molar-refractivity contribution in [1.29, 1.82) is 0 Å². The van der Waals surface area contributed by atoms with Crippen molar-refractivity contribution in [3.8, 4) is 5.75 Å². The molecule has 0 spiro atoms. The van der Waals surface area contributed by atoms with Crippen LogP contribution in [0.5, 0.6) is 5.75 Å². The highest BCUT2D eigenvalue weighted by Gasteiger charge is 2.21. The van der Waals surface area contributed by atoms with Crippen molar-refractivity contribution >= 4 is 5.91 Å². The van der Waals surface area contributed by atoms with E-state index < -0.39 is 0 Å². The number of aryl methyl sites for hydroxylation is 1. The van der Waals surface area contributed by atoms with Crippen molar-refractivity contribution in [2.75, 3.05) is 0 Å². The molecule has 3 rings (SSSR count). The van der Waals surface area contributed by atoms with Gasteiger partial charge in [-0.25, -0.2) is 0 Å². The molecule has 0 aliphatic heterocycles. The van der Waals surface area contributed by atoms with E-state index in [-0.39, 0.29) is 17.9 Å². The maximum Gasteiger partial charge on any atom is 0.221 e. The zero-order chi connectivity index (χ0) is 19.9. The van der Waals surface area contributed by atoms with Crippen LogP contribution in [0.2, 0.25) is 0 Å². The fraction of sp³-hybridized carbons (Fsp3) is 0.480. The molecule has 150 valence electrons. The van der Waals surface area contributed by atoms with E-state index >= 15 is 0 Å². The fourth-order valence-corrected chi connectivity index (χ4v) is 4.00. The van der Waals surface area contributed by atoms with E-state index in [1.165, 1.54) is 30.4 Å². The van der Waals surface area contributed by atoms with Crippen LogP contribution in [0.3, 0.4) is 0 Å². The lowest BCUT2D eigenvalue weighted by molar-refractivity contribution is -0.122. The molecule has 1 saturated carbocycles. The van der Waals surface area contributed by atoms with Gasteiger partial charge in [0.15, 0.2) is 0 Å². The lowest BCUT2D eigenvalue weighted by Gasteiger charge is -2.25. The van der Waals surface area contributed by atoms with Gasteiger partial charge in [0.25, 0.3) is 0 Å². The predicted octanol–water partition coefficient (Wildman–Crippen LogP) is 5.75. The zero-order valence-electron chi connectivity index (χ0n) is 17.4. The summed E-state index contributed by atoms with van der Waals surface area (Å²) in [5, 5.41) is 3.27. The van der Waals surface area contributed by atoms with E-state index in [1.54, 1.807) is 0 Å². The van der Waals surface area contributed by atoms with Gasteiger partial charge >= 0.3 is 0 Å². The number of ether oxygens (including phenoxy) is 1. The predicted molar refractivity (Wildman–Crippen MR) is 115 cm³/mol. The van der Waals surface area contributed by atoms with E-state index in [4.69, 9.17) is 4.74 Å². The van der Waals surface area contributed by atoms with Gasteiger partial charge in [0.05, 0.1) is 6.10 Å². The topological polar surface area (TPSA) is 38.3 Å². The molecule has 0 radical (unpaired) electrons. The molecule has 0 bridgehead atoms. The second-order valence-corrected chi connectivity index (χ2v) is 8.31. The Balaban J connectivity index is 1.76. The van der Waals surface area contributed by atoms with Gasteiger partial charge in [-0.15, -0.1) is 0 Å². The van der Waals surface area contributed by atoms with Crippen molar-refractivity contribution in [1.82, 2.24) is 5.32 Å². The highest BCUT2D eigenvalue weighted by atomic mass is 16.5. The molecule has 3 heteroatoms. The molecule has 0 aromatic heterocycles. The normalized spacial score (nSPS) is 16.0. The molecule has 0 heterocycles. The Morgan fingerprint density at radius 1 is 0.964 bits per heavy atom. The average Bonchev–Trinajstić information content (AvgIpc) is 2.68. The quantitative estimate of drug-likeness (QED) is 0.665. The Bertz CT molecular complexity index is 743. The minimum Gasteiger partial charge on any atom is -0.491 e. The zero-order valence-corrected chi connectivity index (χ0v) is 17.4. The number of hydrogen-bond donors (Lipinski definition) is 1. The molecule has 2 aromatic carbocycles. The lowest BCUT2D eigenvalue weighted by atomic mass is 9.87. The van der Waals surface area contributed by atoms with Crippen LogP contribution in [-0.2, 0) is 4.79 Å². The van der Waals surface area contributed by atoms with E-state index in [0.29, 0.717) is 12.5 Å². The number of carbonyl (C=O) groups is 1. The maximum absolute atomic E-state index is 12.8. The van der Waals surface area contributed by atoms with Crippen LogP contribution in [0.15, 0.2) is 48.5 Å². The monoisotopic (exact) mass is 379 g/mol. The smallest absolute Gasteiger partial charge is 0.221 e. The highest BCUT2D eigenvalue weighted by molar-refractivity contribution is 5.78. The molecule has 1 fully saturated rings. The van der Waals surface area contributed by atoms with Crippen molar-refractivity contribution in [2.24, 2.45) is 0 Å². The van der Waals surface area contributed by atoms with Crippen molar-refractivity contribution < 1.29 is 9.53 Å².